The zero-order valence-corrected chi connectivity index (χ0v) is 14.0. The molecule has 2 aromatic rings. The van der Waals surface area contributed by atoms with Gasteiger partial charge in [0.1, 0.15) is 0 Å². The van der Waals surface area contributed by atoms with Crippen molar-refractivity contribution in [3.05, 3.63) is 64.4 Å². The second-order valence-electron chi connectivity index (χ2n) is 5.79. The maximum atomic E-state index is 12.8. The average Bonchev–Trinajstić information content (AvgIpc) is 3.12. The van der Waals surface area contributed by atoms with E-state index >= 15 is 0 Å². The standard InChI is InChI=1S/C19H22N2OS/c22-19(11-10-16-6-2-1-3-7-16)21(15-18-9-5-13-23-18)17-8-4-12-20-14-17/h1-3,5-7,9-11,13,17,20H,4,8,12,14-15H2/b11-10+. The highest BCUT2D eigenvalue weighted by molar-refractivity contribution is 7.09. The van der Waals surface area contributed by atoms with Gasteiger partial charge in [-0.25, -0.2) is 0 Å². The third-order valence-electron chi connectivity index (χ3n) is 4.12. The van der Waals surface area contributed by atoms with Gasteiger partial charge in [-0.2, -0.15) is 0 Å². The van der Waals surface area contributed by atoms with E-state index in [0.29, 0.717) is 6.54 Å². The molecule has 2 heterocycles. The third-order valence-corrected chi connectivity index (χ3v) is 4.98. The Bertz CT molecular complexity index is 631. The molecular weight excluding hydrogens is 304 g/mol. The van der Waals surface area contributed by atoms with Gasteiger partial charge in [-0.3, -0.25) is 4.79 Å². The van der Waals surface area contributed by atoms with E-state index in [0.717, 1.165) is 31.5 Å². The number of nitrogens with one attached hydrogen (secondary N) is 1. The van der Waals surface area contributed by atoms with Gasteiger partial charge in [-0.05, 0) is 42.5 Å². The summed E-state index contributed by atoms with van der Waals surface area (Å²) in [6.45, 7) is 2.63. The van der Waals surface area contributed by atoms with Crippen LogP contribution in [-0.4, -0.2) is 29.9 Å². The van der Waals surface area contributed by atoms with Crippen LogP contribution in [0.4, 0.5) is 0 Å². The molecule has 1 aromatic heterocycles. The summed E-state index contributed by atoms with van der Waals surface area (Å²) in [4.78, 5) is 16.0. The molecule has 1 atom stereocenters. The van der Waals surface area contributed by atoms with Crippen LogP contribution in [0.5, 0.6) is 0 Å². The Balaban J connectivity index is 1.73. The van der Waals surface area contributed by atoms with E-state index < -0.39 is 0 Å². The van der Waals surface area contributed by atoms with Gasteiger partial charge in [0.25, 0.3) is 0 Å². The van der Waals surface area contributed by atoms with Crippen molar-refractivity contribution in [2.75, 3.05) is 13.1 Å². The fraction of sp³-hybridized carbons (Fsp3) is 0.316. The number of amides is 1. The van der Waals surface area contributed by atoms with Crippen LogP contribution in [0.2, 0.25) is 0 Å². The van der Waals surface area contributed by atoms with E-state index in [1.807, 2.05) is 47.4 Å². The quantitative estimate of drug-likeness (QED) is 0.852. The van der Waals surface area contributed by atoms with Crippen LogP contribution >= 0.6 is 11.3 Å². The maximum Gasteiger partial charge on any atom is 0.247 e. The lowest BCUT2D eigenvalue weighted by atomic mass is 10.1. The first-order chi connectivity index (χ1) is 11.3. The summed E-state index contributed by atoms with van der Waals surface area (Å²) in [5.74, 6) is 0.0935. The number of hydrogen-bond donors (Lipinski definition) is 1. The van der Waals surface area contributed by atoms with Crippen molar-refractivity contribution in [2.45, 2.75) is 25.4 Å². The summed E-state index contributed by atoms with van der Waals surface area (Å²) in [6.07, 6.45) is 5.81. The summed E-state index contributed by atoms with van der Waals surface area (Å²) in [6, 6.07) is 14.4. The van der Waals surface area contributed by atoms with Crippen LogP contribution in [0.3, 0.4) is 0 Å². The topological polar surface area (TPSA) is 32.3 Å². The van der Waals surface area contributed by atoms with Crippen molar-refractivity contribution in [1.82, 2.24) is 10.2 Å². The van der Waals surface area contributed by atoms with Gasteiger partial charge in [0.15, 0.2) is 0 Å². The normalized spacial score (nSPS) is 18.2. The molecule has 4 heteroatoms. The lowest BCUT2D eigenvalue weighted by Crippen LogP contribution is -2.47. The van der Waals surface area contributed by atoms with Crippen molar-refractivity contribution in [2.24, 2.45) is 0 Å². The van der Waals surface area contributed by atoms with Crippen LogP contribution in [0.15, 0.2) is 53.9 Å². The predicted molar refractivity (Wildman–Crippen MR) is 96.2 cm³/mol. The first-order valence-corrected chi connectivity index (χ1v) is 8.98. The highest BCUT2D eigenvalue weighted by Crippen LogP contribution is 2.18. The molecule has 1 saturated heterocycles. The number of benzene rings is 1. The summed E-state index contributed by atoms with van der Waals surface area (Å²) in [7, 11) is 0. The van der Waals surface area contributed by atoms with Crippen molar-refractivity contribution in [3.8, 4) is 0 Å². The molecule has 1 aromatic carbocycles. The van der Waals surface area contributed by atoms with Gasteiger partial charge >= 0.3 is 0 Å². The minimum Gasteiger partial charge on any atom is -0.330 e. The van der Waals surface area contributed by atoms with E-state index in [-0.39, 0.29) is 11.9 Å². The SMILES string of the molecule is O=C(/C=C/c1ccccc1)N(Cc1cccs1)C1CCCNC1. The third kappa shape index (κ3) is 4.53. The molecule has 1 N–H and O–H groups in total. The summed E-state index contributed by atoms with van der Waals surface area (Å²) in [5.41, 5.74) is 1.05. The number of carbonyl (C=O) groups is 1. The molecule has 1 unspecified atom stereocenters. The van der Waals surface area contributed by atoms with Crippen LogP contribution in [0.1, 0.15) is 23.3 Å². The largest absolute Gasteiger partial charge is 0.330 e. The molecule has 0 bridgehead atoms. The fourth-order valence-corrected chi connectivity index (χ4v) is 3.59. The van der Waals surface area contributed by atoms with Gasteiger partial charge in [-0.1, -0.05) is 36.4 Å². The van der Waals surface area contributed by atoms with Crippen LogP contribution < -0.4 is 5.32 Å². The Kier molecular flexibility index (Phi) is 5.61. The molecule has 0 radical (unpaired) electrons. The molecule has 1 amide bonds. The molecule has 0 aliphatic carbocycles. The lowest BCUT2D eigenvalue weighted by Gasteiger charge is -2.34. The molecule has 3 nitrogen and oxygen atoms in total. The van der Waals surface area contributed by atoms with Gasteiger partial charge < -0.3 is 10.2 Å². The molecule has 1 aliphatic heterocycles. The monoisotopic (exact) mass is 326 g/mol. The van der Waals surface area contributed by atoms with Gasteiger partial charge in [0, 0.05) is 23.5 Å². The Hall–Kier alpha value is -1.91. The smallest absolute Gasteiger partial charge is 0.247 e. The molecule has 120 valence electrons. The zero-order chi connectivity index (χ0) is 15.9. The molecule has 0 saturated carbocycles. The first kappa shape index (κ1) is 16.0. The van der Waals surface area contributed by atoms with Crippen molar-refractivity contribution >= 4 is 23.3 Å². The minimum atomic E-state index is 0.0935. The van der Waals surface area contributed by atoms with E-state index in [1.165, 1.54) is 4.88 Å². The van der Waals surface area contributed by atoms with Crippen LogP contribution in [0, 0.1) is 0 Å². The van der Waals surface area contributed by atoms with Crippen molar-refractivity contribution in [3.63, 3.8) is 0 Å². The number of nitrogens with zero attached hydrogens (tertiary/aromatic N) is 1. The van der Waals surface area contributed by atoms with Crippen molar-refractivity contribution in [1.29, 1.82) is 0 Å². The maximum absolute atomic E-state index is 12.8. The Morgan fingerprint density at radius 3 is 2.83 bits per heavy atom. The fourth-order valence-electron chi connectivity index (χ4n) is 2.88. The molecule has 1 fully saturated rings. The van der Waals surface area contributed by atoms with Crippen LogP contribution in [-0.2, 0) is 11.3 Å². The predicted octanol–water partition coefficient (Wildman–Crippen LogP) is 3.54. The zero-order valence-electron chi connectivity index (χ0n) is 13.2. The molecule has 3 rings (SSSR count). The summed E-state index contributed by atoms with van der Waals surface area (Å²) >= 11 is 1.71. The molecule has 1 aliphatic rings. The highest BCUT2D eigenvalue weighted by atomic mass is 32.1. The van der Waals surface area contributed by atoms with E-state index in [1.54, 1.807) is 17.4 Å². The van der Waals surface area contributed by atoms with Gasteiger partial charge in [0.05, 0.1) is 6.54 Å². The van der Waals surface area contributed by atoms with Gasteiger partial charge in [0.2, 0.25) is 5.91 Å². The Labute approximate surface area is 141 Å². The van der Waals surface area contributed by atoms with E-state index in [9.17, 15) is 4.79 Å². The van der Waals surface area contributed by atoms with E-state index in [4.69, 9.17) is 0 Å². The average molecular weight is 326 g/mol. The first-order valence-electron chi connectivity index (χ1n) is 8.10. The molecule has 23 heavy (non-hydrogen) atoms. The van der Waals surface area contributed by atoms with Gasteiger partial charge in [-0.15, -0.1) is 11.3 Å². The second-order valence-corrected chi connectivity index (χ2v) is 6.82. The number of carbonyl (C=O) groups excluding carboxylic acids is 1. The summed E-state index contributed by atoms with van der Waals surface area (Å²) in [5, 5.41) is 5.48. The second kappa shape index (κ2) is 8.09. The van der Waals surface area contributed by atoms with Crippen LogP contribution in [0.25, 0.3) is 6.08 Å². The summed E-state index contributed by atoms with van der Waals surface area (Å²) < 4.78 is 0. The Morgan fingerprint density at radius 2 is 2.13 bits per heavy atom. The number of hydrogen-bond acceptors (Lipinski definition) is 3. The number of thiophene rings is 1. The Morgan fingerprint density at radius 1 is 1.26 bits per heavy atom. The minimum absolute atomic E-state index is 0.0935. The lowest BCUT2D eigenvalue weighted by molar-refractivity contribution is -0.129. The van der Waals surface area contributed by atoms with E-state index in [2.05, 4.69) is 16.8 Å². The molecule has 0 spiro atoms. The highest BCUT2D eigenvalue weighted by Gasteiger charge is 2.24. The van der Waals surface area contributed by atoms with Crippen molar-refractivity contribution < 1.29 is 4.79 Å². The number of piperidine rings is 1. The number of rotatable bonds is 5. The molecular formula is C19H22N2OS.